The molecule has 0 unspecified atom stereocenters. The zero-order valence-electron chi connectivity index (χ0n) is 9.77. The van der Waals surface area contributed by atoms with Crippen molar-refractivity contribution in [1.82, 2.24) is 5.16 Å². The summed E-state index contributed by atoms with van der Waals surface area (Å²) in [6.45, 7) is 4.22. The standard InChI is InChI=1S/C13H13NO3/c1-9-3-10(2)5-12(4-9)16-8-13-11(7-15)6-14-17-13/h3-7H,8H2,1-2H3. The van der Waals surface area contributed by atoms with Gasteiger partial charge in [-0.3, -0.25) is 4.79 Å². The van der Waals surface area contributed by atoms with Gasteiger partial charge in [0, 0.05) is 0 Å². The Hall–Kier alpha value is -2.10. The van der Waals surface area contributed by atoms with Crippen molar-refractivity contribution in [2.45, 2.75) is 20.5 Å². The highest BCUT2D eigenvalue weighted by Gasteiger charge is 2.08. The van der Waals surface area contributed by atoms with E-state index in [1.54, 1.807) is 0 Å². The molecule has 1 aromatic carbocycles. The van der Waals surface area contributed by atoms with Crippen LogP contribution in [0.5, 0.6) is 5.75 Å². The monoisotopic (exact) mass is 231 g/mol. The summed E-state index contributed by atoms with van der Waals surface area (Å²) in [7, 11) is 0. The third-order valence-electron chi connectivity index (χ3n) is 2.37. The van der Waals surface area contributed by atoms with Crippen LogP contribution in [0.2, 0.25) is 0 Å². The second-order valence-corrected chi connectivity index (χ2v) is 3.93. The molecular weight excluding hydrogens is 218 g/mol. The number of benzene rings is 1. The van der Waals surface area contributed by atoms with Gasteiger partial charge in [-0.15, -0.1) is 0 Å². The van der Waals surface area contributed by atoms with E-state index in [9.17, 15) is 4.79 Å². The van der Waals surface area contributed by atoms with Gasteiger partial charge in [0.05, 0.1) is 11.8 Å². The Morgan fingerprint density at radius 1 is 1.29 bits per heavy atom. The zero-order chi connectivity index (χ0) is 12.3. The van der Waals surface area contributed by atoms with E-state index in [0.29, 0.717) is 17.6 Å². The van der Waals surface area contributed by atoms with Gasteiger partial charge in [0.25, 0.3) is 0 Å². The lowest BCUT2D eigenvalue weighted by atomic mass is 10.1. The molecule has 0 radical (unpaired) electrons. The van der Waals surface area contributed by atoms with E-state index in [2.05, 4.69) is 11.2 Å². The summed E-state index contributed by atoms with van der Waals surface area (Å²) in [5.41, 5.74) is 2.69. The minimum absolute atomic E-state index is 0.205. The lowest BCUT2D eigenvalue weighted by Gasteiger charge is -2.06. The van der Waals surface area contributed by atoms with Gasteiger partial charge >= 0.3 is 0 Å². The number of carbonyl (C=O) groups is 1. The third-order valence-corrected chi connectivity index (χ3v) is 2.37. The summed E-state index contributed by atoms with van der Waals surface area (Å²) in [6.07, 6.45) is 2.09. The fraction of sp³-hybridized carbons (Fsp3) is 0.231. The first-order chi connectivity index (χ1) is 8.19. The average molecular weight is 231 g/mol. The molecule has 0 amide bonds. The van der Waals surface area contributed by atoms with Gasteiger partial charge in [0.15, 0.2) is 12.0 Å². The van der Waals surface area contributed by atoms with Crippen molar-refractivity contribution in [2.75, 3.05) is 0 Å². The number of hydrogen-bond donors (Lipinski definition) is 0. The molecule has 0 spiro atoms. The molecule has 0 fully saturated rings. The van der Waals surface area contributed by atoms with E-state index in [1.807, 2.05) is 26.0 Å². The molecule has 0 N–H and O–H groups in total. The number of ether oxygens (including phenoxy) is 1. The summed E-state index contributed by atoms with van der Waals surface area (Å²) >= 11 is 0. The molecule has 0 bridgehead atoms. The number of hydrogen-bond acceptors (Lipinski definition) is 4. The highest BCUT2D eigenvalue weighted by Crippen LogP contribution is 2.18. The Balaban J connectivity index is 2.09. The van der Waals surface area contributed by atoms with Crippen LogP contribution in [0.3, 0.4) is 0 Å². The minimum Gasteiger partial charge on any atom is -0.486 e. The second-order valence-electron chi connectivity index (χ2n) is 3.93. The fourth-order valence-electron chi connectivity index (χ4n) is 1.64. The van der Waals surface area contributed by atoms with E-state index in [0.717, 1.165) is 16.9 Å². The summed E-state index contributed by atoms with van der Waals surface area (Å²) in [5.74, 6) is 1.20. The topological polar surface area (TPSA) is 52.3 Å². The van der Waals surface area contributed by atoms with Gasteiger partial charge in [-0.05, 0) is 37.1 Å². The lowest BCUT2D eigenvalue weighted by molar-refractivity contribution is 0.111. The largest absolute Gasteiger partial charge is 0.486 e. The molecule has 0 aliphatic heterocycles. The van der Waals surface area contributed by atoms with Gasteiger partial charge in [0.1, 0.15) is 12.4 Å². The first-order valence-corrected chi connectivity index (χ1v) is 5.29. The van der Waals surface area contributed by atoms with Crippen LogP contribution < -0.4 is 4.74 Å². The number of carbonyl (C=O) groups excluding carboxylic acids is 1. The van der Waals surface area contributed by atoms with Crippen molar-refractivity contribution in [1.29, 1.82) is 0 Å². The van der Waals surface area contributed by atoms with Crippen molar-refractivity contribution >= 4 is 6.29 Å². The summed E-state index contributed by atoms with van der Waals surface area (Å²) in [6, 6.07) is 5.94. The molecule has 4 heteroatoms. The van der Waals surface area contributed by atoms with Crippen molar-refractivity contribution in [3.63, 3.8) is 0 Å². The van der Waals surface area contributed by atoms with Crippen LogP contribution in [0.1, 0.15) is 27.2 Å². The number of aldehydes is 1. The average Bonchev–Trinajstić information content (AvgIpc) is 2.72. The first-order valence-electron chi connectivity index (χ1n) is 5.29. The van der Waals surface area contributed by atoms with E-state index < -0.39 is 0 Å². The van der Waals surface area contributed by atoms with E-state index in [-0.39, 0.29) is 6.61 Å². The summed E-state index contributed by atoms with van der Waals surface area (Å²) in [4.78, 5) is 10.7. The van der Waals surface area contributed by atoms with E-state index >= 15 is 0 Å². The van der Waals surface area contributed by atoms with Gasteiger partial charge in [0.2, 0.25) is 0 Å². The molecule has 88 valence electrons. The Morgan fingerprint density at radius 3 is 2.65 bits per heavy atom. The van der Waals surface area contributed by atoms with Gasteiger partial charge in [-0.1, -0.05) is 11.2 Å². The van der Waals surface area contributed by atoms with Crippen LogP contribution in [0.25, 0.3) is 0 Å². The highest BCUT2D eigenvalue weighted by molar-refractivity contribution is 5.75. The SMILES string of the molecule is Cc1cc(C)cc(OCc2oncc2C=O)c1. The maximum absolute atomic E-state index is 10.7. The van der Waals surface area contributed by atoms with Gasteiger partial charge in [-0.25, -0.2) is 0 Å². The number of nitrogens with zero attached hydrogens (tertiary/aromatic N) is 1. The predicted molar refractivity (Wildman–Crippen MR) is 62.1 cm³/mol. The molecule has 2 aromatic rings. The highest BCUT2D eigenvalue weighted by atomic mass is 16.5. The van der Waals surface area contributed by atoms with Crippen LogP contribution in [-0.2, 0) is 6.61 Å². The molecule has 2 rings (SSSR count). The Kier molecular flexibility index (Phi) is 3.23. The molecule has 1 heterocycles. The van der Waals surface area contributed by atoms with Gasteiger partial charge in [-0.2, -0.15) is 0 Å². The summed E-state index contributed by atoms with van der Waals surface area (Å²) in [5, 5.41) is 3.55. The van der Waals surface area contributed by atoms with Crippen LogP contribution in [0, 0.1) is 13.8 Å². The molecule has 0 saturated heterocycles. The summed E-state index contributed by atoms with van der Waals surface area (Å²) < 4.78 is 10.5. The molecular formula is C13H13NO3. The van der Waals surface area contributed by atoms with Crippen molar-refractivity contribution in [3.05, 3.63) is 46.8 Å². The predicted octanol–water partition coefficient (Wildman–Crippen LogP) is 2.68. The molecule has 0 aliphatic carbocycles. The smallest absolute Gasteiger partial charge is 0.184 e. The minimum atomic E-state index is 0.205. The number of aromatic nitrogens is 1. The van der Waals surface area contributed by atoms with Crippen molar-refractivity contribution < 1.29 is 14.1 Å². The first kappa shape index (κ1) is 11.4. The van der Waals surface area contributed by atoms with Crippen LogP contribution >= 0.6 is 0 Å². The zero-order valence-corrected chi connectivity index (χ0v) is 9.77. The maximum Gasteiger partial charge on any atom is 0.184 e. The van der Waals surface area contributed by atoms with Crippen LogP contribution in [0.4, 0.5) is 0 Å². The van der Waals surface area contributed by atoms with E-state index in [1.165, 1.54) is 6.20 Å². The maximum atomic E-state index is 10.7. The number of rotatable bonds is 4. The molecule has 0 saturated carbocycles. The third kappa shape index (κ3) is 2.72. The molecule has 0 aliphatic rings. The second kappa shape index (κ2) is 4.82. The molecule has 0 atom stereocenters. The normalized spacial score (nSPS) is 10.2. The quantitative estimate of drug-likeness (QED) is 0.759. The molecule has 4 nitrogen and oxygen atoms in total. The lowest BCUT2D eigenvalue weighted by Crippen LogP contribution is -1.97. The Morgan fingerprint density at radius 2 is 2.00 bits per heavy atom. The number of aryl methyl sites for hydroxylation is 2. The van der Waals surface area contributed by atoms with E-state index in [4.69, 9.17) is 9.26 Å². The van der Waals surface area contributed by atoms with Crippen LogP contribution in [0.15, 0.2) is 28.9 Å². The van der Waals surface area contributed by atoms with Gasteiger partial charge < -0.3 is 9.26 Å². The Labute approximate surface area is 99.2 Å². The fourth-order valence-corrected chi connectivity index (χ4v) is 1.64. The van der Waals surface area contributed by atoms with Crippen molar-refractivity contribution in [3.8, 4) is 5.75 Å². The molecule has 1 aromatic heterocycles. The molecule has 17 heavy (non-hydrogen) atoms. The van der Waals surface area contributed by atoms with Crippen molar-refractivity contribution in [2.24, 2.45) is 0 Å². The van der Waals surface area contributed by atoms with Crippen LogP contribution in [-0.4, -0.2) is 11.4 Å². The Bertz CT molecular complexity index is 511.